The van der Waals surface area contributed by atoms with Crippen LogP contribution < -0.4 is 11.5 Å². The lowest BCUT2D eigenvalue weighted by Crippen LogP contribution is -2.06. The summed E-state index contributed by atoms with van der Waals surface area (Å²) in [6, 6.07) is 3.39. The molecule has 0 aliphatic carbocycles. The maximum absolute atomic E-state index is 12.4. The Bertz CT molecular complexity index is 369. The van der Waals surface area contributed by atoms with Gasteiger partial charge < -0.3 is 11.5 Å². The molecule has 1 rings (SSSR count). The van der Waals surface area contributed by atoms with Crippen LogP contribution >= 0.6 is 0 Å². The smallest absolute Gasteiger partial charge is 0.399 e. The molecule has 0 heterocycles. The molecule has 0 saturated heterocycles. The van der Waals surface area contributed by atoms with Gasteiger partial charge in [-0.15, -0.1) is 0 Å². The molecule has 4 N–H and O–H groups in total. The number of alkyl halides is 3. The highest BCUT2D eigenvalue weighted by atomic mass is 19.4. The molecule has 0 aliphatic rings. The second kappa shape index (κ2) is 4.35. The molecule has 1 aromatic rings. The van der Waals surface area contributed by atoms with E-state index in [4.69, 9.17) is 11.5 Å². The predicted octanol–water partition coefficient (Wildman–Crippen LogP) is 2.26. The number of hydrogen-bond donors (Lipinski definition) is 2. The molecule has 0 unspecified atom stereocenters. The van der Waals surface area contributed by atoms with E-state index in [9.17, 15) is 13.2 Å². The van der Waals surface area contributed by atoms with Crippen molar-refractivity contribution in [1.82, 2.24) is 0 Å². The maximum atomic E-state index is 12.4. The van der Waals surface area contributed by atoms with E-state index >= 15 is 0 Å². The average molecular weight is 216 g/mol. The van der Waals surface area contributed by atoms with E-state index in [1.807, 2.05) is 0 Å². The Labute approximate surface area is 85.4 Å². The first-order valence-electron chi connectivity index (χ1n) is 4.28. The molecule has 82 valence electrons. The molecule has 0 aromatic heterocycles. The third-order valence-electron chi connectivity index (χ3n) is 1.75. The second-order valence-corrected chi connectivity index (χ2v) is 3.02. The van der Waals surface area contributed by atoms with Gasteiger partial charge in [-0.3, -0.25) is 0 Å². The number of rotatable bonds is 2. The summed E-state index contributed by atoms with van der Waals surface area (Å²) in [6.45, 7) is 0.274. The lowest BCUT2D eigenvalue weighted by molar-refractivity contribution is -0.137. The first-order chi connectivity index (χ1) is 6.93. The molecule has 0 amide bonds. The molecule has 15 heavy (non-hydrogen) atoms. The lowest BCUT2D eigenvalue weighted by atomic mass is 10.1. The van der Waals surface area contributed by atoms with E-state index in [0.29, 0.717) is 5.56 Å². The van der Waals surface area contributed by atoms with Gasteiger partial charge in [-0.2, -0.15) is 13.2 Å². The monoisotopic (exact) mass is 216 g/mol. The normalized spacial score (nSPS) is 12.3. The minimum absolute atomic E-state index is 0.0847. The molecule has 0 saturated carbocycles. The van der Waals surface area contributed by atoms with Crippen LogP contribution in [-0.4, -0.2) is 6.54 Å². The number of hydrogen-bond acceptors (Lipinski definition) is 2. The molecule has 0 radical (unpaired) electrons. The van der Waals surface area contributed by atoms with E-state index in [0.717, 1.165) is 12.1 Å². The van der Waals surface area contributed by atoms with Gasteiger partial charge in [-0.25, -0.2) is 0 Å². The summed E-state index contributed by atoms with van der Waals surface area (Å²) in [6.07, 6.45) is -1.30. The molecule has 2 nitrogen and oxygen atoms in total. The van der Waals surface area contributed by atoms with Gasteiger partial charge in [0.2, 0.25) is 0 Å². The first kappa shape index (κ1) is 11.6. The summed E-state index contributed by atoms with van der Waals surface area (Å²) >= 11 is 0. The van der Waals surface area contributed by atoms with Crippen LogP contribution in [0.1, 0.15) is 11.1 Å². The third-order valence-corrected chi connectivity index (χ3v) is 1.75. The fourth-order valence-corrected chi connectivity index (χ4v) is 1.14. The number of anilines is 1. The summed E-state index contributed by atoms with van der Waals surface area (Å²) in [5.74, 6) is 0. The van der Waals surface area contributed by atoms with Crippen LogP contribution in [0.2, 0.25) is 0 Å². The SMILES string of the molecule is NCC=Cc1cc(N)cc(C(F)(F)F)c1. The van der Waals surface area contributed by atoms with E-state index in [-0.39, 0.29) is 12.2 Å². The van der Waals surface area contributed by atoms with Gasteiger partial charge in [0, 0.05) is 12.2 Å². The molecule has 1 aromatic carbocycles. The van der Waals surface area contributed by atoms with Crippen LogP contribution in [0.15, 0.2) is 24.3 Å². The van der Waals surface area contributed by atoms with Crippen molar-refractivity contribution in [2.75, 3.05) is 12.3 Å². The van der Waals surface area contributed by atoms with Crippen LogP contribution in [0.5, 0.6) is 0 Å². The fraction of sp³-hybridized carbons (Fsp3) is 0.200. The van der Waals surface area contributed by atoms with Crippen molar-refractivity contribution in [3.05, 3.63) is 35.4 Å². The summed E-state index contributed by atoms with van der Waals surface area (Å²) in [5.41, 5.74) is 10.3. The van der Waals surface area contributed by atoms with E-state index in [1.165, 1.54) is 12.1 Å². The average Bonchev–Trinajstić information content (AvgIpc) is 2.12. The van der Waals surface area contributed by atoms with Crippen LogP contribution in [0.3, 0.4) is 0 Å². The molecule has 0 aliphatic heterocycles. The minimum Gasteiger partial charge on any atom is -0.399 e. The highest BCUT2D eigenvalue weighted by molar-refractivity contribution is 5.58. The Balaban J connectivity index is 3.11. The molecule has 5 heteroatoms. The van der Waals surface area contributed by atoms with Crippen LogP contribution in [0, 0.1) is 0 Å². The Morgan fingerprint density at radius 1 is 1.20 bits per heavy atom. The van der Waals surface area contributed by atoms with Crippen molar-refractivity contribution in [3.63, 3.8) is 0 Å². The summed E-state index contributed by atoms with van der Waals surface area (Å²) in [7, 11) is 0. The summed E-state index contributed by atoms with van der Waals surface area (Å²) in [4.78, 5) is 0. The van der Waals surface area contributed by atoms with Gasteiger partial charge in [-0.1, -0.05) is 12.2 Å². The maximum Gasteiger partial charge on any atom is 0.416 e. The number of nitrogens with two attached hydrogens (primary N) is 2. The highest BCUT2D eigenvalue weighted by Crippen LogP contribution is 2.31. The van der Waals surface area contributed by atoms with Crippen LogP contribution in [0.25, 0.3) is 6.08 Å². The van der Waals surface area contributed by atoms with Gasteiger partial charge in [0.15, 0.2) is 0 Å². The van der Waals surface area contributed by atoms with E-state index < -0.39 is 11.7 Å². The van der Waals surface area contributed by atoms with Crippen molar-refractivity contribution in [2.24, 2.45) is 5.73 Å². The van der Waals surface area contributed by atoms with Gasteiger partial charge in [0.05, 0.1) is 5.56 Å². The van der Waals surface area contributed by atoms with Gasteiger partial charge in [0.25, 0.3) is 0 Å². The topological polar surface area (TPSA) is 52.0 Å². The lowest BCUT2D eigenvalue weighted by Gasteiger charge is -2.08. The Morgan fingerprint density at radius 2 is 1.87 bits per heavy atom. The minimum atomic E-state index is -4.37. The molecular formula is C10H11F3N2. The highest BCUT2D eigenvalue weighted by Gasteiger charge is 2.30. The van der Waals surface area contributed by atoms with Gasteiger partial charge in [0.1, 0.15) is 0 Å². The Kier molecular flexibility index (Phi) is 3.36. The second-order valence-electron chi connectivity index (χ2n) is 3.02. The van der Waals surface area contributed by atoms with Crippen LogP contribution in [-0.2, 0) is 6.18 Å². The van der Waals surface area contributed by atoms with Crippen molar-refractivity contribution >= 4 is 11.8 Å². The number of nitrogen functional groups attached to an aromatic ring is 1. The van der Waals surface area contributed by atoms with Crippen molar-refractivity contribution in [1.29, 1.82) is 0 Å². The van der Waals surface area contributed by atoms with Gasteiger partial charge >= 0.3 is 6.18 Å². The number of halogens is 3. The summed E-state index contributed by atoms with van der Waals surface area (Å²) in [5, 5.41) is 0. The van der Waals surface area contributed by atoms with Crippen LogP contribution in [0.4, 0.5) is 18.9 Å². The zero-order valence-electron chi connectivity index (χ0n) is 7.88. The fourth-order valence-electron chi connectivity index (χ4n) is 1.14. The number of benzene rings is 1. The standard InChI is InChI=1S/C10H11F3N2/c11-10(12,13)8-4-7(2-1-3-14)5-9(15)6-8/h1-2,4-6H,3,14-15H2. The van der Waals surface area contributed by atoms with E-state index in [1.54, 1.807) is 6.08 Å². The quantitative estimate of drug-likeness (QED) is 0.745. The molecular weight excluding hydrogens is 205 g/mol. The zero-order chi connectivity index (χ0) is 11.5. The van der Waals surface area contributed by atoms with Crippen molar-refractivity contribution in [3.8, 4) is 0 Å². The van der Waals surface area contributed by atoms with Crippen molar-refractivity contribution in [2.45, 2.75) is 6.18 Å². The first-order valence-corrected chi connectivity index (χ1v) is 4.28. The molecule has 0 spiro atoms. The van der Waals surface area contributed by atoms with E-state index in [2.05, 4.69) is 0 Å². The summed E-state index contributed by atoms with van der Waals surface area (Å²) < 4.78 is 37.1. The Morgan fingerprint density at radius 3 is 2.40 bits per heavy atom. The van der Waals surface area contributed by atoms with Gasteiger partial charge in [-0.05, 0) is 23.8 Å². The van der Waals surface area contributed by atoms with Crippen molar-refractivity contribution < 1.29 is 13.2 Å². The third kappa shape index (κ3) is 3.28. The Hall–Kier alpha value is -1.49. The largest absolute Gasteiger partial charge is 0.416 e. The predicted molar refractivity (Wildman–Crippen MR) is 53.9 cm³/mol. The molecule has 0 atom stereocenters. The zero-order valence-corrected chi connectivity index (χ0v) is 7.88. The molecule has 0 bridgehead atoms. The molecule has 0 fully saturated rings.